The van der Waals surface area contributed by atoms with Crippen LogP contribution in [0.5, 0.6) is 0 Å². The van der Waals surface area contributed by atoms with E-state index in [4.69, 9.17) is 11.6 Å². The van der Waals surface area contributed by atoms with Gasteiger partial charge < -0.3 is 10.2 Å². The molecule has 5 nitrogen and oxygen atoms in total. The van der Waals surface area contributed by atoms with E-state index in [2.05, 4.69) is 20.7 Å². The van der Waals surface area contributed by atoms with Crippen molar-refractivity contribution < 1.29 is 4.79 Å². The Hall–Kier alpha value is -2.18. The second kappa shape index (κ2) is 6.98. The number of hydrogen-bond acceptors (Lipinski definition) is 5. The summed E-state index contributed by atoms with van der Waals surface area (Å²) in [6, 6.07) is 7.70. The zero-order valence-electron chi connectivity index (χ0n) is 13.5. The Bertz CT molecular complexity index is 903. The molecule has 1 aliphatic rings. The Morgan fingerprint density at radius 1 is 1.20 bits per heavy atom. The van der Waals surface area contributed by atoms with Crippen LogP contribution in [0.1, 0.15) is 12.8 Å². The number of fused-ring (bicyclic) bond motifs is 1. The van der Waals surface area contributed by atoms with E-state index in [1.54, 1.807) is 11.3 Å². The topological polar surface area (TPSA) is 58.1 Å². The summed E-state index contributed by atoms with van der Waals surface area (Å²) in [6.07, 6.45) is 3.72. The van der Waals surface area contributed by atoms with Crippen LogP contribution in [-0.4, -0.2) is 40.4 Å². The summed E-state index contributed by atoms with van der Waals surface area (Å²) in [6.45, 7) is 1.96. The molecule has 1 aliphatic heterocycles. The molecule has 1 saturated heterocycles. The number of rotatable bonds is 4. The van der Waals surface area contributed by atoms with Crippen molar-refractivity contribution in [2.75, 3.05) is 25.0 Å². The highest BCUT2D eigenvalue weighted by molar-refractivity contribution is 7.17. The van der Waals surface area contributed by atoms with Crippen LogP contribution in [0.2, 0.25) is 5.02 Å². The molecular weight excluding hydrogens is 356 g/mol. The molecule has 4 rings (SSSR count). The van der Waals surface area contributed by atoms with Gasteiger partial charge in [-0.05, 0) is 30.5 Å². The fourth-order valence-electron chi connectivity index (χ4n) is 3.09. The molecule has 25 heavy (non-hydrogen) atoms. The van der Waals surface area contributed by atoms with Crippen LogP contribution in [0, 0.1) is 0 Å². The van der Waals surface area contributed by atoms with E-state index in [1.165, 1.54) is 6.33 Å². The summed E-state index contributed by atoms with van der Waals surface area (Å²) in [5, 5.41) is 6.93. The molecule has 0 aliphatic carbocycles. The molecule has 0 radical (unpaired) electrons. The van der Waals surface area contributed by atoms with E-state index in [1.807, 2.05) is 29.2 Å². The van der Waals surface area contributed by atoms with Gasteiger partial charge in [-0.25, -0.2) is 9.97 Å². The summed E-state index contributed by atoms with van der Waals surface area (Å²) >= 11 is 7.56. The van der Waals surface area contributed by atoms with Gasteiger partial charge in [-0.2, -0.15) is 0 Å². The number of amides is 1. The maximum atomic E-state index is 12.3. The maximum absolute atomic E-state index is 12.3. The first kappa shape index (κ1) is 16.3. The van der Waals surface area contributed by atoms with Crippen molar-refractivity contribution in [1.82, 2.24) is 14.9 Å². The van der Waals surface area contributed by atoms with Crippen LogP contribution < -0.4 is 5.32 Å². The van der Waals surface area contributed by atoms with Crippen molar-refractivity contribution in [3.05, 3.63) is 41.0 Å². The second-order valence-corrected chi connectivity index (χ2v) is 7.29. The van der Waals surface area contributed by atoms with Crippen molar-refractivity contribution in [3.63, 3.8) is 0 Å². The predicted octanol–water partition coefficient (Wildman–Crippen LogP) is 4.05. The lowest BCUT2D eigenvalue weighted by Crippen LogP contribution is -2.33. The Balaban J connectivity index is 1.63. The molecule has 128 valence electrons. The Kier molecular flexibility index (Phi) is 4.55. The number of thiophene rings is 1. The zero-order chi connectivity index (χ0) is 17.2. The van der Waals surface area contributed by atoms with Gasteiger partial charge in [-0.15, -0.1) is 11.3 Å². The highest BCUT2D eigenvalue weighted by Gasteiger charge is 2.19. The summed E-state index contributed by atoms with van der Waals surface area (Å²) in [5.74, 6) is 0.816. The lowest BCUT2D eigenvalue weighted by Gasteiger charge is -2.16. The van der Waals surface area contributed by atoms with E-state index in [0.29, 0.717) is 10.8 Å². The SMILES string of the molecule is O=C(CNc1ncnc2scc(-c3ccc(Cl)cc3)c12)N1CCCC1. The van der Waals surface area contributed by atoms with Gasteiger partial charge in [0, 0.05) is 29.1 Å². The smallest absolute Gasteiger partial charge is 0.241 e. The van der Waals surface area contributed by atoms with Gasteiger partial charge in [0.2, 0.25) is 5.91 Å². The third-order valence-electron chi connectivity index (χ3n) is 4.39. The molecule has 0 atom stereocenters. The van der Waals surface area contributed by atoms with Crippen LogP contribution in [-0.2, 0) is 4.79 Å². The lowest BCUT2D eigenvalue weighted by molar-refractivity contribution is -0.128. The number of anilines is 1. The third kappa shape index (κ3) is 3.32. The van der Waals surface area contributed by atoms with Crippen LogP contribution in [0.25, 0.3) is 21.3 Å². The van der Waals surface area contributed by atoms with Gasteiger partial charge in [0.05, 0.1) is 11.9 Å². The van der Waals surface area contributed by atoms with Crippen molar-refractivity contribution in [1.29, 1.82) is 0 Å². The number of carbonyl (C=O) groups is 1. The van der Waals surface area contributed by atoms with Crippen molar-refractivity contribution in [3.8, 4) is 11.1 Å². The van der Waals surface area contributed by atoms with Crippen molar-refractivity contribution >= 4 is 44.9 Å². The number of nitrogens with zero attached hydrogens (tertiary/aromatic N) is 3. The molecule has 1 N–H and O–H groups in total. The number of aromatic nitrogens is 2. The quantitative estimate of drug-likeness (QED) is 0.750. The molecular formula is C18H17ClN4OS. The first-order valence-corrected chi connectivity index (χ1v) is 9.48. The minimum absolute atomic E-state index is 0.118. The first-order chi connectivity index (χ1) is 12.2. The largest absolute Gasteiger partial charge is 0.360 e. The molecule has 0 saturated carbocycles. The molecule has 1 amide bonds. The molecule has 7 heteroatoms. The van der Waals surface area contributed by atoms with Crippen molar-refractivity contribution in [2.45, 2.75) is 12.8 Å². The van der Waals surface area contributed by atoms with Gasteiger partial charge in [-0.1, -0.05) is 23.7 Å². The molecule has 3 aromatic rings. The van der Waals surface area contributed by atoms with E-state index >= 15 is 0 Å². The van der Waals surface area contributed by atoms with E-state index in [0.717, 1.165) is 47.3 Å². The van der Waals surface area contributed by atoms with E-state index in [9.17, 15) is 4.79 Å². The zero-order valence-corrected chi connectivity index (χ0v) is 15.1. The van der Waals surface area contributed by atoms with E-state index < -0.39 is 0 Å². The second-order valence-electron chi connectivity index (χ2n) is 6.00. The Morgan fingerprint density at radius 2 is 1.96 bits per heavy atom. The maximum Gasteiger partial charge on any atom is 0.241 e. The monoisotopic (exact) mass is 372 g/mol. The van der Waals surface area contributed by atoms with Gasteiger partial charge in [0.1, 0.15) is 17.0 Å². The minimum atomic E-state index is 0.118. The number of nitrogens with one attached hydrogen (secondary N) is 1. The summed E-state index contributed by atoms with van der Waals surface area (Å²) in [5.41, 5.74) is 2.10. The molecule has 1 aromatic carbocycles. The van der Waals surface area contributed by atoms with Gasteiger partial charge in [-0.3, -0.25) is 4.79 Å². The third-order valence-corrected chi connectivity index (χ3v) is 5.53. The molecule has 0 bridgehead atoms. The lowest BCUT2D eigenvalue weighted by atomic mass is 10.1. The minimum Gasteiger partial charge on any atom is -0.360 e. The van der Waals surface area contributed by atoms with E-state index in [-0.39, 0.29) is 12.5 Å². The van der Waals surface area contributed by atoms with Crippen LogP contribution in [0.15, 0.2) is 36.0 Å². The molecule has 3 heterocycles. The van der Waals surface area contributed by atoms with Crippen molar-refractivity contribution in [2.24, 2.45) is 0 Å². The first-order valence-electron chi connectivity index (χ1n) is 8.22. The van der Waals surface area contributed by atoms with Gasteiger partial charge >= 0.3 is 0 Å². The Morgan fingerprint density at radius 3 is 2.72 bits per heavy atom. The average molecular weight is 373 g/mol. The predicted molar refractivity (Wildman–Crippen MR) is 102 cm³/mol. The standard InChI is InChI=1S/C18H17ClN4OS/c19-13-5-3-12(4-6-13)14-10-25-18-16(14)17(21-11-22-18)20-9-15(24)23-7-1-2-8-23/h3-6,10-11H,1-2,7-9H2,(H,20,21,22). The van der Waals surface area contributed by atoms with Crippen LogP contribution in [0.3, 0.4) is 0 Å². The molecule has 2 aromatic heterocycles. The highest BCUT2D eigenvalue weighted by Crippen LogP contribution is 2.36. The fourth-order valence-corrected chi connectivity index (χ4v) is 4.13. The number of hydrogen-bond donors (Lipinski definition) is 1. The number of likely N-dealkylation sites (tertiary alicyclic amines) is 1. The highest BCUT2D eigenvalue weighted by atomic mass is 35.5. The average Bonchev–Trinajstić information content (AvgIpc) is 3.30. The van der Waals surface area contributed by atoms with Gasteiger partial charge in [0.15, 0.2) is 0 Å². The normalized spacial score (nSPS) is 14.2. The Labute approximate surface area is 154 Å². The van der Waals surface area contributed by atoms with Gasteiger partial charge in [0.25, 0.3) is 0 Å². The fraction of sp³-hybridized carbons (Fsp3) is 0.278. The van der Waals surface area contributed by atoms with Crippen LogP contribution >= 0.6 is 22.9 Å². The molecule has 1 fully saturated rings. The molecule has 0 spiro atoms. The van der Waals surface area contributed by atoms with Crippen LogP contribution in [0.4, 0.5) is 5.82 Å². The summed E-state index contributed by atoms with van der Waals surface area (Å²) in [7, 11) is 0. The number of halogens is 1. The summed E-state index contributed by atoms with van der Waals surface area (Å²) < 4.78 is 0. The molecule has 0 unspecified atom stereocenters. The summed E-state index contributed by atoms with van der Waals surface area (Å²) in [4.78, 5) is 23.8. The number of benzene rings is 1. The number of carbonyl (C=O) groups excluding carboxylic acids is 1.